The SMILES string of the molecule is CCCNC(=O)/C(C#N)=C\N1CCN(Cc2ccccc2)CC1. The topological polar surface area (TPSA) is 59.4 Å². The van der Waals surface area contributed by atoms with E-state index >= 15 is 0 Å². The molecular weight excluding hydrogens is 288 g/mol. The number of piperazine rings is 1. The van der Waals surface area contributed by atoms with Crippen LogP contribution in [0.25, 0.3) is 0 Å². The number of nitrogens with one attached hydrogen (secondary N) is 1. The summed E-state index contributed by atoms with van der Waals surface area (Å²) in [5.41, 5.74) is 1.50. The number of nitrogens with zero attached hydrogens (tertiary/aromatic N) is 3. The van der Waals surface area contributed by atoms with Crippen LogP contribution < -0.4 is 5.32 Å². The second-order valence-corrected chi connectivity index (χ2v) is 5.71. The third-order valence-corrected chi connectivity index (χ3v) is 3.87. The largest absolute Gasteiger partial charge is 0.374 e. The summed E-state index contributed by atoms with van der Waals surface area (Å²) in [7, 11) is 0. The fourth-order valence-corrected chi connectivity index (χ4v) is 2.55. The van der Waals surface area contributed by atoms with Crippen LogP contribution in [0.1, 0.15) is 18.9 Å². The molecule has 1 aliphatic rings. The molecule has 0 aromatic heterocycles. The van der Waals surface area contributed by atoms with Crippen LogP contribution in [0, 0.1) is 11.3 Å². The lowest BCUT2D eigenvalue weighted by Gasteiger charge is -2.34. The van der Waals surface area contributed by atoms with Gasteiger partial charge in [0, 0.05) is 45.5 Å². The Kier molecular flexibility index (Phi) is 6.64. The van der Waals surface area contributed by atoms with E-state index < -0.39 is 0 Å². The summed E-state index contributed by atoms with van der Waals surface area (Å²) in [4.78, 5) is 16.3. The monoisotopic (exact) mass is 312 g/mol. The van der Waals surface area contributed by atoms with Gasteiger partial charge in [-0.2, -0.15) is 5.26 Å². The van der Waals surface area contributed by atoms with Gasteiger partial charge in [-0.15, -0.1) is 0 Å². The molecule has 2 rings (SSSR count). The van der Waals surface area contributed by atoms with Crippen LogP contribution in [0.3, 0.4) is 0 Å². The molecule has 1 aliphatic heterocycles. The van der Waals surface area contributed by atoms with Crippen LogP contribution in [0.5, 0.6) is 0 Å². The van der Waals surface area contributed by atoms with E-state index in [1.807, 2.05) is 19.1 Å². The Morgan fingerprint density at radius 1 is 1.26 bits per heavy atom. The van der Waals surface area contributed by atoms with Crippen molar-refractivity contribution >= 4 is 5.91 Å². The van der Waals surface area contributed by atoms with E-state index in [1.54, 1.807) is 6.20 Å². The van der Waals surface area contributed by atoms with E-state index in [0.717, 1.165) is 39.1 Å². The van der Waals surface area contributed by atoms with Crippen LogP contribution in [-0.4, -0.2) is 48.4 Å². The normalized spacial score (nSPS) is 16.0. The van der Waals surface area contributed by atoms with Crippen molar-refractivity contribution < 1.29 is 4.79 Å². The molecule has 1 saturated heterocycles. The summed E-state index contributed by atoms with van der Waals surface area (Å²) >= 11 is 0. The van der Waals surface area contributed by atoms with Gasteiger partial charge in [0.1, 0.15) is 11.6 Å². The van der Waals surface area contributed by atoms with Crippen LogP contribution >= 0.6 is 0 Å². The molecule has 0 saturated carbocycles. The van der Waals surface area contributed by atoms with Crippen molar-refractivity contribution in [3.63, 3.8) is 0 Å². The van der Waals surface area contributed by atoms with E-state index in [1.165, 1.54) is 5.56 Å². The van der Waals surface area contributed by atoms with Crippen molar-refractivity contribution in [2.45, 2.75) is 19.9 Å². The zero-order valence-corrected chi connectivity index (χ0v) is 13.7. The molecule has 0 unspecified atom stereocenters. The molecule has 1 aromatic carbocycles. The first-order valence-electron chi connectivity index (χ1n) is 8.13. The fraction of sp³-hybridized carbons (Fsp3) is 0.444. The molecule has 122 valence electrons. The Bertz CT molecular complexity index is 568. The number of amides is 1. The summed E-state index contributed by atoms with van der Waals surface area (Å²) in [5, 5.41) is 11.9. The van der Waals surface area contributed by atoms with Gasteiger partial charge in [0.15, 0.2) is 0 Å². The van der Waals surface area contributed by atoms with E-state index in [0.29, 0.717) is 6.54 Å². The maximum absolute atomic E-state index is 11.9. The van der Waals surface area contributed by atoms with Gasteiger partial charge in [-0.05, 0) is 12.0 Å². The highest BCUT2D eigenvalue weighted by Gasteiger charge is 2.17. The molecule has 0 spiro atoms. The van der Waals surface area contributed by atoms with E-state index in [2.05, 4.69) is 39.4 Å². The molecular formula is C18H24N4O. The Morgan fingerprint density at radius 2 is 1.96 bits per heavy atom. The van der Waals surface area contributed by atoms with Crippen molar-refractivity contribution in [2.24, 2.45) is 0 Å². The maximum atomic E-state index is 11.9. The van der Waals surface area contributed by atoms with Gasteiger partial charge in [0.2, 0.25) is 0 Å². The first kappa shape index (κ1) is 17.0. The van der Waals surface area contributed by atoms with Crippen LogP contribution in [0.15, 0.2) is 42.1 Å². The van der Waals surface area contributed by atoms with E-state index in [4.69, 9.17) is 5.26 Å². The maximum Gasteiger partial charge on any atom is 0.263 e. The standard InChI is InChI=1S/C18H24N4O/c1-2-8-20-18(23)17(13-19)15-22-11-9-21(10-12-22)14-16-6-4-3-5-7-16/h3-7,15H,2,8-12,14H2,1H3,(H,20,23)/b17-15-. The Hall–Kier alpha value is -2.32. The molecule has 5 nitrogen and oxygen atoms in total. The van der Waals surface area contributed by atoms with Crippen LogP contribution in [-0.2, 0) is 11.3 Å². The van der Waals surface area contributed by atoms with Gasteiger partial charge < -0.3 is 10.2 Å². The third kappa shape index (κ3) is 5.42. The number of carbonyl (C=O) groups excluding carboxylic acids is 1. The second kappa shape index (κ2) is 8.96. The highest BCUT2D eigenvalue weighted by Crippen LogP contribution is 2.09. The number of rotatable bonds is 6. The predicted octanol–water partition coefficient (Wildman–Crippen LogP) is 1.74. The Labute approximate surface area is 138 Å². The summed E-state index contributed by atoms with van der Waals surface area (Å²) in [6.45, 7) is 7.06. The van der Waals surface area contributed by atoms with Crippen molar-refractivity contribution in [3.8, 4) is 6.07 Å². The quantitative estimate of drug-likeness (QED) is 0.642. The molecule has 1 fully saturated rings. The molecule has 1 N–H and O–H groups in total. The molecule has 0 atom stereocenters. The van der Waals surface area contributed by atoms with Gasteiger partial charge in [-0.1, -0.05) is 37.3 Å². The van der Waals surface area contributed by atoms with Crippen molar-refractivity contribution in [1.29, 1.82) is 5.26 Å². The van der Waals surface area contributed by atoms with Gasteiger partial charge in [0.05, 0.1) is 0 Å². The highest BCUT2D eigenvalue weighted by atomic mass is 16.1. The number of hydrogen-bond acceptors (Lipinski definition) is 4. The molecule has 1 heterocycles. The fourth-order valence-electron chi connectivity index (χ4n) is 2.55. The average molecular weight is 312 g/mol. The lowest BCUT2D eigenvalue weighted by atomic mass is 10.2. The number of benzene rings is 1. The van der Waals surface area contributed by atoms with Crippen molar-refractivity contribution in [3.05, 3.63) is 47.7 Å². The van der Waals surface area contributed by atoms with Gasteiger partial charge in [-0.25, -0.2) is 0 Å². The smallest absolute Gasteiger partial charge is 0.263 e. The minimum Gasteiger partial charge on any atom is -0.374 e. The summed E-state index contributed by atoms with van der Waals surface area (Å²) in [6.07, 6.45) is 2.56. The second-order valence-electron chi connectivity index (χ2n) is 5.71. The predicted molar refractivity (Wildman–Crippen MR) is 90.3 cm³/mol. The summed E-state index contributed by atoms with van der Waals surface area (Å²) < 4.78 is 0. The molecule has 0 aliphatic carbocycles. The molecule has 5 heteroatoms. The molecule has 1 aromatic rings. The number of hydrogen-bond donors (Lipinski definition) is 1. The molecule has 0 radical (unpaired) electrons. The van der Waals surface area contributed by atoms with Crippen molar-refractivity contribution in [2.75, 3.05) is 32.7 Å². The average Bonchev–Trinajstić information content (AvgIpc) is 2.60. The zero-order valence-electron chi connectivity index (χ0n) is 13.7. The lowest BCUT2D eigenvalue weighted by Crippen LogP contribution is -2.44. The molecule has 1 amide bonds. The number of nitriles is 1. The minimum absolute atomic E-state index is 0.190. The van der Waals surface area contributed by atoms with Crippen molar-refractivity contribution in [1.82, 2.24) is 15.1 Å². The van der Waals surface area contributed by atoms with Gasteiger partial charge >= 0.3 is 0 Å². The van der Waals surface area contributed by atoms with Crippen LogP contribution in [0.2, 0.25) is 0 Å². The molecule has 0 bridgehead atoms. The summed E-state index contributed by atoms with van der Waals surface area (Å²) in [6, 6.07) is 12.4. The van der Waals surface area contributed by atoms with Gasteiger partial charge in [-0.3, -0.25) is 9.69 Å². The van der Waals surface area contributed by atoms with E-state index in [-0.39, 0.29) is 11.5 Å². The third-order valence-electron chi connectivity index (χ3n) is 3.87. The highest BCUT2D eigenvalue weighted by molar-refractivity contribution is 5.97. The first-order chi connectivity index (χ1) is 11.2. The Balaban J connectivity index is 1.84. The van der Waals surface area contributed by atoms with Crippen LogP contribution in [0.4, 0.5) is 0 Å². The Morgan fingerprint density at radius 3 is 2.57 bits per heavy atom. The summed E-state index contributed by atoms with van der Waals surface area (Å²) in [5.74, 6) is -0.277. The molecule has 23 heavy (non-hydrogen) atoms. The van der Waals surface area contributed by atoms with E-state index in [9.17, 15) is 4.79 Å². The lowest BCUT2D eigenvalue weighted by molar-refractivity contribution is -0.117. The van der Waals surface area contributed by atoms with Gasteiger partial charge in [0.25, 0.3) is 5.91 Å². The number of carbonyl (C=O) groups is 1. The minimum atomic E-state index is -0.277. The first-order valence-corrected chi connectivity index (χ1v) is 8.13. The zero-order chi connectivity index (χ0) is 16.5.